The standard InChI is InChI=1S/C19H18F3N3S/c1-2-25-17(12-14-6-4-3-5-7-14)23-24-18(25)26-13-15-8-10-16(11-9-15)19(20,21)22/h3-11H,2,12-13H2,1H3. The molecule has 3 nitrogen and oxygen atoms in total. The summed E-state index contributed by atoms with van der Waals surface area (Å²) in [6.07, 6.45) is -3.61. The Bertz CT molecular complexity index is 843. The van der Waals surface area contributed by atoms with E-state index in [1.807, 2.05) is 41.8 Å². The summed E-state index contributed by atoms with van der Waals surface area (Å²) in [6, 6.07) is 15.3. The Kier molecular flexibility index (Phi) is 5.66. The van der Waals surface area contributed by atoms with E-state index in [9.17, 15) is 13.2 Å². The average Bonchev–Trinajstić information content (AvgIpc) is 3.02. The maximum atomic E-state index is 12.6. The van der Waals surface area contributed by atoms with Gasteiger partial charge in [-0.1, -0.05) is 54.2 Å². The highest BCUT2D eigenvalue weighted by molar-refractivity contribution is 7.98. The summed E-state index contributed by atoms with van der Waals surface area (Å²) in [7, 11) is 0. The zero-order chi connectivity index (χ0) is 18.6. The first kappa shape index (κ1) is 18.5. The van der Waals surface area contributed by atoms with Crippen LogP contribution < -0.4 is 0 Å². The van der Waals surface area contributed by atoms with Crippen molar-refractivity contribution in [2.45, 2.75) is 37.0 Å². The molecule has 0 amide bonds. The lowest BCUT2D eigenvalue weighted by molar-refractivity contribution is -0.137. The number of benzene rings is 2. The van der Waals surface area contributed by atoms with E-state index in [2.05, 4.69) is 10.2 Å². The Morgan fingerprint density at radius 2 is 1.62 bits per heavy atom. The molecule has 0 saturated heterocycles. The lowest BCUT2D eigenvalue weighted by atomic mass is 10.1. The van der Waals surface area contributed by atoms with E-state index in [1.54, 1.807) is 0 Å². The van der Waals surface area contributed by atoms with Gasteiger partial charge in [-0.2, -0.15) is 13.2 Å². The van der Waals surface area contributed by atoms with Crippen LogP contribution in [0.2, 0.25) is 0 Å². The minimum absolute atomic E-state index is 0.543. The van der Waals surface area contributed by atoms with Gasteiger partial charge >= 0.3 is 6.18 Å². The van der Waals surface area contributed by atoms with Gasteiger partial charge < -0.3 is 4.57 Å². The lowest BCUT2D eigenvalue weighted by Crippen LogP contribution is -2.05. The maximum absolute atomic E-state index is 12.6. The molecule has 1 heterocycles. The fraction of sp³-hybridized carbons (Fsp3) is 0.263. The summed E-state index contributed by atoms with van der Waals surface area (Å²) < 4.78 is 39.9. The topological polar surface area (TPSA) is 30.7 Å². The summed E-state index contributed by atoms with van der Waals surface area (Å²) in [5, 5.41) is 9.31. The molecule has 0 aliphatic rings. The molecule has 0 aliphatic heterocycles. The number of thioether (sulfide) groups is 1. The fourth-order valence-electron chi connectivity index (χ4n) is 2.59. The normalized spacial score (nSPS) is 11.7. The first-order chi connectivity index (χ1) is 12.5. The third-order valence-electron chi connectivity index (χ3n) is 3.96. The SMILES string of the molecule is CCn1c(Cc2ccccc2)nnc1SCc1ccc(C(F)(F)F)cc1. The Hall–Kier alpha value is -2.28. The number of rotatable bonds is 6. The second-order valence-corrected chi connectivity index (χ2v) is 6.73. The van der Waals surface area contributed by atoms with Crippen molar-refractivity contribution in [1.82, 2.24) is 14.8 Å². The molecular formula is C19H18F3N3S. The molecule has 0 spiro atoms. The molecule has 3 rings (SSSR count). The van der Waals surface area contributed by atoms with Crippen molar-refractivity contribution in [3.63, 3.8) is 0 Å². The van der Waals surface area contributed by atoms with Crippen LogP contribution in [0.3, 0.4) is 0 Å². The van der Waals surface area contributed by atoms with Gasteiger partial charge in [-0.15, -0.1) is 10.2 Å². The van der Waals surface area contributed by atoms with Gasteiger partial charge in [-0.25, -0.2) is 0 Å². The van der Waals surface area contributed by atoms with Gasteiger partial charge in [0, 0.05) is 18.7 Å². The molecule has 136 valence electrons. The monoisotopic (exact) mass is 377 g/mol. The van der Waals surface area contributed by atoms with Crippen LogP contribution in [-0.2, 0) is 24.9 Å². The van der Waals surface area contributed by atoms with Crippen LogP contribution in [-0.4, -0.2) is 14.8 Å². The quantitative estimate of drug-likeness (QED) is 0.553. The Balaban J connectivity index is 1.68. The maximum Gasteiger partial charge on any atom is 0.416 e. The average molecular weight is 377 g/mol. The smallest absolute Gasteiger partial charge is 0.306 e. The van der Waals surface area contributed by atoms with Crippen LogP contribution in [0.15, 0.2) is 59.8 Å². The zero-order valence-electron chi connectivity index (χ0n) is 14.2. The highest BCUT2D eigenvalue weighted by atomic mass is 32.2. The molecule has 0 unspecified atom stereocenters. The van der Waals surface area contributed by atoms with Gasteiger partial charge in [-0.3, -0.25) is 0 Å². The molecule has 2 aromatic carbocycles. The summed E-state index contributed by atoms with van der Waals surface area (Å²) in [4.78, 5) is 0. The molecule has 0 radical (unpaired) electrons. The molecule has 0 N–H and O–H groups in total. The molecular weight excluding hydrogens is 359 g/mol. The predicted octanol–water partition coefficient (Wildman–Crippen LogP) is 5.20. The Morgan fingerprint density at radius 3 is 2.23 bits per heavy atom. The van der Waals surface area contributed by atoms with Crippen molar-refractivity contribution in [3.8, 4) is 0 Å². The van der Waals surface area contributed by atoms with Crippen molar-refractivity contribution >= 4 is 11.8 Å². The molecule has 7 heteroatoms. The van der Waals surface area contributed by atoms with Crippen LogP contribution in [0.25, 0.3) is 0 Å². The van der Waals surface area contributed by atoms with Gasteiger partial charge in [-0.05, 0) is 30.2 Å². The molecule has 0 fully saturated rings. The molecule has 3 aromatic rings. The minimum atomic E-state index is -4.31. The summed E-state index contributed by atoms with van der Waals surface area (Å²) in [5.74, 6) is 1.43. The van der Waals surface area contributed by atoms with E-state index < -0.39 is 11.7 Å². The van der Waals surface area contributed by atoms with Gasteiger partial charge in [0.25, 0.3) is 0 Å². The number of hydrogen-bond donors (Lipinski definition) is 0. The van der Waals surface area contributed by atoms with Crippen LogP contribution in [0.1, 0.15) is 29.4 Å². The van der Waals surface area contributed by atoms with Crippen LogP contribution in [0, 0.1) is 0 Å². The third-order valence-corrected chi connectivity index (χ3v) is 5.00. The number of aromatic nitrogens is 3. The first-order valence-corrected chi connectivity index (χ1v) is 9.21. The van der Waals surface area contributed by atoms with Crippen LogP contribution in [0.5, 0.6) is 0 Å². The van der Waals surface area contributed by atoms with Crippen molar-refractivity contribution in [2.75, 3.05) is 0 Å². The Labute approximate surface area is 154 Å². The number of hydrogen-bond acceptors (Lipinski definition) is 3. The van der Waals surface area contributed by atoms with E-state index in [1.165, 1.54) is 23.9 Å². The Morgan fingerprint density at radius 1 is 0.923 bits per heavy atom. The van der Waals surface area contributed by atoms with Crippen molar-refractivity contribution in [3.05, 3.63) is 77.1 Å². The molecule has 0 aliphatic carbocycles. The summed E-state index contributed by atoms with van der Waals surface area (Å²) >= 11 is 1.48. The molecule has 0 atom stereocenters. The minimum Gasteiger partial charge on any atom is -0.306 e. The molecule has 0 saturated carbocycles. The van der Waals surface area contributed by atoms with Crippen LogP contribution in [0.4, 0.5) is 13.2 Å². The second kappa shape index (κ2) is 7.95. The van der Waals surface area contributed by atoms with E-state index in [-0.39, 0.29) is 0 Å². The number of nitrogens with zero attached hydrogens (tertiary/aromatic N) is 3. The molecule has 0 bridgehead atoms. The summed E-state index contributed by atoms with van der Waals surface area (Å²) in [6.45, 7) is 2.77. The predicted molar refractivity (Wildman–Crippen MR) is 95.9 cm³/mol. The number of alkyl halides is 3. The highest BCUT2D eigenvalue weighted by Crippen LogP contribution is 2.30. The highest BCUT2D eigenvalue weighted by Gasteiger charge is 2.29. The summed E-state index contributed by atoms with van der Waals surface area (Å²) in [5.41, 5.74) is 1.35. The van der Waals surface area contributed by atoms with Gasteiger partial charge in [0.15, 0.2) is 5.16 Å². The molecule has 1 aromatic heterocycles. The van der Waals surface area contributed by atoms with Crippen molar-refractivity contribution in [2.24, 2.45) is 0 Å². The fourth-order valence-corrected chi connectivity index (χ4v) is 3.57. The second-order valence-electron chi connectivity index (χ2n) is 5.79. The number of halogens is 3. The van der Waals surface area contributed by atoms with E-state index in [4.69, 9.17) is 0 Å². The largest absolute Gasteiger partial charge is 0.416 e. The van der Waals surface area contributed by atoms with Gasteiger partial charge in [0.1, 0.15) is 5.82 Å². The van der Waals surface area contributed by atoms with E-state index in [0.717, 1.165) is 40.8 Å². The van der Waals surface area contributed by atoms with Crippen molar-refractivity contribution in [1.29, 1.82) is 0 Å². The zero-order valence-corrected chi connectivity index (χ0v) is 15.0. The van der Waals surface area contributed by atoms with Crippen molar-refractivity contribution < 1.29 is 13.2 Å². The third kappa shape index (κ3) is 4.46. The van der Waals surface area contributed by atoms with Gasteiger partial charge in [0.05, 0.1) is 5.56 Å². The van der Waals surface area contributed by atoms with Gasteiger partial charge in [0.2, 0.25) is 0 Å². The lowest BCUT2D eigenvalue weighted by Gasteiger charge is -2.09. The first-order valence-electron chi connectivity index (χ1n) is 8.22. The molecule has 26 heavy (non-hydrogen) atoms. The van der Waals surface area contributed by atoms with Crippen LogP contribution >= 0.6 is 11.8 Å². The van der Waals surface area contributed by atoms with E-state index >= 15 is 0 Å². The van der Waals surface area contributed by atoms with E-state index in [0.29, 0.717) is 12.2 Å².